The minimum Gasteiger partial charge on any atom is -0.343 e. The second-order valence-corrected chi connectivity index (χ2v) is 18.9. The zero-order chi connectivity index (χ0) is 46.7. The molecule has 0 radical (unpaired) electrons. The lowest BCUT2D eigenvalue weighted by atomic mass is 9.92. The molecule has 3 aromatic heterocycles. The number of rotatable bonds is 10. The Morgan fingerprint density at radius 2 is 1.67 bits per heavy atom. The Kier molecular flexibility index (Phi) is 12.1. The molecule has 0 spiro atoms. The molecular formula is C48H58F2N12O5. The smallest absolute Gasteiger partial charge is 0.329 e. The number of carbonyl (C=O) groups excluding carboxylic acids is 4. The van der Waals surface area contributed by atoms with Gasteiger partial charge in [-0.05, 0) is 67.0 Å². The number of imidazole rings is 1. The number of aryl methyl sites for hydroxylation is 3. The minimum atomic E-state index is -2.68. The molecule has 8 heterocycles. The van der Waals surface area contributed by atoms with E-state index in [9.17, 15) is 32.8 Å². The number of alkyl halides is 2. The van der Waals surface area contributed by atoms with Crippen molar-refractivity contribution in [1.82, 2.24) is 53.6 Å². The molecule has 0 bridgehead atoms. The first-order chi connectivity index (χ1) is 32.3. The van der Waals surface area contributed by atoms with Gasteiger partial charge < -0.3 is 19.6 Å². The Balaban J connectivity index is 0.774. The number of benzene rings is 2. The number of halogens is 2. The molecule has 19 heteroatoms. The van der Waals surface area contributed by atoms with Gasteiger partial charge in [-0.1, -0.05) is 12.1 Å². The molecule has 354 valence electrons. The van der Waals surface area contributed by atoms with Crippen LogP contribution in [0.2, 0.25) is 0 Å². The summed E-state index contributed by atoms with van der Waals surface area (Å²) in [4.78, 5) is 74.9. The molecule has 1 atom stereocenters. The van der Waals surface area contributed by atoms with Crippen LogP contribution in [-0.4, -0.2) is 131 Å². The monoisotopic (exact) mass is 920 g/mol. The second kappa shape index (κ2) is 18.1. The van der Waals surface area contributed by atoms with Crippen LogP contribution in [0.15, 0.2) is 47.5 Å². The SMILES string of the molecule is CC(=O)N1CCc2c(c(N3CCCc4cc(-c5cnn(C)c5)c(C(F)F)cc43)nn2C2CCN(C(=O)CCN3CCN(Cc4cccc5c4n(C)c(=O)n5C4CCC(=O)NC4=O)CC3)CC2)C1. The van der Waals surface area contributed by atoms with Gasteiger partial charge in [-0.15, -0.1) is 0 Å². The van der Waals surface area contributed by atoms with Crippen molar-refractivity contribution in [2.75, 3.05) is 63.8 Å². The zero-order valence-electron chi connectivity index (χ0n) is 38.4. The van der Waals surface area contributed by atoms with Gasteiger partial charge in [-0.25, -0.2) is 13.6 Å². The minimum absolute atomic E-state index is 0.0124. The van der Waals surface area contributed by atoms with E-state index in [4.69, 9.17) is 5.10 Å². The molecule has 10 rings (SSSR count). The van der Waals surface area contributed by atoms with Crippen molar-refractivity contribution in [3.05, 3.63) is 81.2 Å². The summed E-state index contributed by atoms with van der Waals surface area (Å²) in [5, 5.41) is 11.9. The summed E-state index contributed by atoms with van der Waals surface area (Å²) in [6.07, 6.45) is 5.31. The van der Waals surface area contributed by atoms with Crippen molar-refractivity contribution in [1.29, 1.82) is 0 Å². The third-order valence-electron chi connectivity index (χ3n) is 14.8. The number of nitrogens with zero attached hydrogens (tertiary/aromatic N) is 11. The fourth-order valence-electron chi connectivity index (χ4n) is 11.1. The van der Waals surface area contributed by atoms with E-state index in [-0.39, 0.29) is 47.9 Å². The van der Waals surface area contributed by atoms with Crippen LogP contribution in [0, 0.1) is 0 Å². The van der Waals surface area contributed by atoms with Crippen LogP contribution >= 0.6 is 0 Å². The average molecular weight is 921 g/mol. The van der Waals surface area contributed by atoms with Crippen molar-refractivity contribution in [2.45, 2.75) is 89.9 Å². The van der Waals surface area contributed by atoms with Crippen LogP contribution < -0.4 is 15.9 Å². The van der Waals surface area contributed by atoms with Gasteiger partial charge in [0, 0.05) is 140 Å². The lowest BCUT2D eigenvalue weighted by Gasteiger charge is -2.36. The van der Waals surface area contributed by atoms with Gasteiger partial charge in [-0.2, -0.15) is 10.2 Å². The molecule has 5 aliphatic rings. The molecule has 17 nitrogen and oxygen atoms in total. The largest absolute Gasteiger partial charge is 0.343 e. The number of hydrogen-bond donors (Lipinski definition) is 1. The van der Waals surface area contributed by atoms with Crippen molar-refractivity contribution < 1.29 is 28.0 Å². The van der Waals surface area contributed by atoms with Gasteiger partial charge in [0.15, 0.2) is 5.82 Å². The number of imide groups is 1. The Labute approximate surface area is 386 Å². The number of nitrogens with one attached hydrogen (secondary N) is 1. The number of carbonyl (C=O) groups is 4. The second-order valence-electron chi connectivity index (χ2n) is 18.9. The Bertz CT molecular complexity index is 2810. The number of fused-ring (bicyclic) bond motifs is 3. The van der Waals surface area contributed by atoms with E-state index < -0.39 is 18.4 Å². The Morgan fingerprint density at radius 3 is 2.39 bits per heavy atom. The maximum atomic E-state index is 14.7. The van der Waals surface area contributed by atoms with Crippen molar-refractivity contribution in [3.63, 3.8) is 0 Å². The van der Waals surface area contributed by atoms with Gasteiger partial charge >= 0.3 is 5.69 Å². The lowest BCUT2D eigenvalue weighted by molar-refractivity contribution is -0.136. The topological polar surface area (TPSA) is 159 Å². The number of hydrogen-bond acceptors (Lipinski definition) is 10. The highest BCUT2D eigenvalue weighted by molar-refractivity contribution is 6.00. The van der Waals surface area contributed by atoms with E-state index >= 15 is 0 Å². The molecule has 3 fully saturated rings. The standard InChI is InChI=1S/C48H58F2N12O5/c1-30(63)59-19-13-38-37(29-59)46(60-15-5-7-31-24-35(33-26-51-54(2)27-33)36(45(49)50)25-41(31)60)53-62(38)34-11-17-58(18-12-34)43(65)14-16-56-20-22-57(23-21-56)28-32-6-4-8-39-44(32)55(3)48(67)61(39)40-9-10-42(64)52-47(40)66/h4,6,8,24-27,34,40,45H,5,7,9-23,28-29H2,1-3H3,(H,52,64,66). The molecule has 0 aliphatic carbocycles. The van der Waals surface area contributed by atoms with Gasteiger partial charge in [0.2, 0.25) is 23.6 Å². The predicted octanol–water partition coefficient (Wildman–Crippen LogP) is 4.21. The van der Waals surface area contributed by atoms with Crippen LogP contribution in [0.1, 0.15) is 91.9 Å². The third kappa shape index (κ3) is 8.44. The lowest BCUT2D eigenvalue weighted by Crippen LogP contribution is -2.47. The van der Waals surface area contributed by atoms with Crippen LogP contribution in [0.5, 0.6) is 0 Å². The average Bonchev–Trinajstić information content (AvgIpc) is 4.01. The Hall–Kier alpha value is -6.21. The predicted molar refractivity (Wildman–Crippen MR) is 246 cm³/mol. The number of amides is 4. The molecule has 4 amide bonds. The maximum Gasteiger partial charge on any atom is 0.329 e. The van der Waals surface area contributed by atoms with Crippen molar-refractivity contribution in [3.8, 4) is 11.1 Å². The van der Waals surface area contributed by atoms with Crippen molar-refractivity contribution in [2.24, 2.45) is 14.1 Å². The first kappa shape index (κ1) is 44.6. The van der Waals surface area contributed by atoms with Gasteiger partial charge in [-0.3, -0.25) is 47.9 Å². The quantitative estimate of drug-likeness (QED) is 0.201. The van der Waals surface area contributed by atoms with Crippen molar-refractivity contribution >= 4 is 46.2 Å². The zero-order valence-corrected chi connectivity index (χ0v) is 38.4. The van der Waals surface area contributed by atoms with Crippen LogP contribution in [-0.2, 0) is 59.2 Å². The van der Waals surface area contributed by atoms with E-state index in [0.29, 0.717) is 75.3 Å². The van der Waals surface area contributed by atoms with Crippen LogP contribution in [0.25, 0.3) is 22.2 Å². The summed E-state index contributed by atoms with van der Waals surface area (Å²) in [6, 6.07) is 8.64. The summed E-state index contributed by atoms with van der Waals surface area (Å²) >= 11 is 0. The summed E-state index contributed by atoms with van der Waals surface area (Å²) in [5.74, 6) is 0.0805. The molecule has 5 aliphatic heterocycles. The first-order valence-corrected chi connectivity index (χ1v) is 23.6. The number of piperidine rings is 2. The summed E-state index contributed by atoms with van der Waals surface area (Å²) < 4.78 is 36.4. The fourth-order valence-corrected chi connectivity index (χ4v) is 11.1. The molecule has 3 saturated heterocycles. The normalized spacial score (nSPS) is 19.9. The highest BCUT2D eigenvalue weighted by Gasteiger charge is 2.36. The van der Waals surface area contributed by atoms with E-state index in [1.807, 2.05) is 34.1 Å². The van der Waals surface area contributed by atoms with Gasteiger partial charge in [0.05, 0.1) is 29.8 Å². The molecular weight excluding hydrogens is 863 g/mol. The number of anilines is 2. The third-order valence-corrected chi connectivity index (χ3v) is 14.8. The number of piperazine rings is 1. The van der Waals surface area contributed by atoms with Crippen LogP contribution in [0.4, 0.5) is 20.3 Å². The number of aromatic nitrogens is 6. The van der Waals surface area contributed by atoms with E-state index in [1.54, 1.807) is 48.7 Å². The molecule has 1 N–H and O–H groups in total. The maximum absolute atomic E-state index is 14.7. The van der Waals surface area contributed by atoms with E-state index in [1.165, 1.54) is 4.57 Å². The summed E-state index contributed by atoms with van der Waals surface area (Å²) in [5.41, 5.74) is 7.04. The summed E-state index contributed by atoms with van der Waals surface area (Å²) in [6.45, 7) is 8.96. The molecule has 0 saturated carbocycles. The first-order valence-electron chi connectivity index (χ1n) is 23.6. The van der Waals surface area contributed by atoms with Gasteiger partial charge in [0.25, 0.3) is 6.43 Å². The molecule has 2 aromatic carbocycles. The fraction of sp³-hybridized carbons (Fsp3) is 0.521. The molecule has 1 unspecified atom stereocenters. The highest BCUT2D eigenvalue weighted by Crippen LogP contribution is 2.44. The van der Waals surface area contributed by atoms with E-state index in [2.05, 4.69) is 29.8 Å². The van der Waals surface area contributed by atoms with Gasteiger partial charge in [0.1, 0.15) is 6.04 Å². The summed E-state index contributed by atoms with van der Waals surface area (Å²) in [7, 11) is 3.50. The van der Waals surface area contributed by atoms with Crippen LogP contribution in [0.3, 0.4) is 0 Å². The molecule has 5 aromatic rings. The number of likely N-dealkylation sites (tertiary alicyclic amines) is 1. The number of para-hydroxylation sites is 1. The Morgan fingerprint density at radius 1 is 0.896 bits per heavy atom. The van der Waals surface area contributed by atoms with E-state index in [0.717, 1.165) is 91.3 Å². The highest BCUT2D eigenvalue weighted by atomic mass is 19.3. The molecule has 67 heavy (non-hydrogen) atoms.